The number of aliphatic imine (C=N–C) groups is 1. The molecule has 0 radical (unpaired) electrons. The molecule has 1 atom stereocenters. The molecule has 1 aliphatic heterocycles. The molecule has 0 aromatic carbocycles. The number of hydrogen-bond acceptors (Lipinski definition) is 5. The molecule has 8 nitrogen and oxygen atoms in total. The lowest BCUT2D eigenvalue weighted by Crippen LogP contribution is -2.39. The van der Waals surface area contributed by atoms with Crippen LogP contribution in [0, 0.1) is 0 Å². The van der Waals surface area contributed by atoms with Crippen molar-refractivity contribution in [2.45, 2.75) is 32.3 Å². The Morgan fingerprint density at radius 2 is 2.12 bits per heavy atom. The van der Waals surface area contributed by atoms with Gasteiger partial charge in [-0.1, -0.05) is 0 Å². The van der Waals surface area contributed by atoms with Gasteiger partial charge in [0.1, 0.15) is 6.54 Å². The minimum absolute atomic E-state index is 0.0918. The van der Waals surface area contributed by atoms with Crippen molar-refractivity contribution in [2.75, 3.05) is 59.7 Å². The first-order chi connectivity index (χ1) is 11.8. The number of nitrogens with zero attached hydrogens (tertiary/aromatic N) is 1. The molecular weight excluding hydrogens is 312 g/mol. The smallest absolute Gasteiger partial charge is 0.241 e. The summed E-state index contributed by atoms with van der Waals surface area (Å²) in [4.78, 5) is 15.9. The minimum atomic E-state index is -0.121. The zero-order valence-electron chi connectivity index (χ0n) is 14.9. The Balaban J connectivity index is 2.10. The van der Waals surface area contributed by atoms with E-state index < -0.39 is 0 Å². The summed E-state index contributed by atoms with van der Waals surface area (Å²) in [5.74, 6) is 0.516. The van der Waals surface area contributed by atoms with Gasteiger partial charge in [0.05, 0.1) is 19.3 Å². The third-order valence-corrected chi connectivity index (χ3v) is 3.44. The Kier molecular flexibility index (Phi) is 12.1. The summed E-state index contributed by atoms with van der Waals surface area (Å²) in [6.07, 6.45) is 3.38. The summed E-state index contributed by atoms with van der Waals surface area (Å²) in [6, 6.07) is 0. The van der Waals surface area contributed by atoms with Crippen LogP contribution in [0.1, 0.15) is 26.2 Å². The zero-order valence-corrected chi connectivity index (χ0v) is 14.9. The molecule has 8 heteroatoms. The summed E-state index contributed by atoms with van der Waals surface area (Å²) in [7, 11) is 1.60. The average Bonchev–Trinajstić information content (AvgIpc) is 3.09. The lowest BCUT2D eigenvalue weighted by atomic mass is 10.2. The van der Waals surface area contributed by atoms with Crippen LogP contribution in [-0.2, 0) is 19.0 Å². The Bertz CT molecular complexity index is 360. The number of carbonyl (C=O) groups excluding carboxylic acids is 1. The predicted molar refractivity (Wildman–Crippen MR) is 93.3 cm³/mol. The first-order valence-corrected chi connectivity index (χ1v) is 8.73. The highest BCUT2D eigenvalue weighted by molar-refractivity contribution is 5.84. The van der Waals surface area contributed by atoms with E-state index in [0.717, 1.165) is 39.0 Å². The molecule has 1 saturated heterocycles. The van der Waals surface area contributed by atoms with Gasteiger partial charge in [0.25, 0.3) is 0 Å². The Hall–Kier alpha value is -1.38. The number of nitrogens with one attached hydrogen (secondary N) is 3. The zero-order chi connectivity index (χ0) is 17.5. The number of amides is 1. The van der Waals surface area contributed by atoms with Crippen LogP contribution in [0.2, 0.25) is 0 Å². The van der Waals surface area contributed by atoms with E-state index in [1.54, 1.807) is 7.11 Å². The maximum Gasteiger partial charge on any atom is 0.241 e. The quantitative estimate of drug-likeness (QED) is 0.260. The van der Waals surface area contributed by atoms with Gasteiger partial charge in [0, 0.05) is 40.0 Å². The minimum Gasteiger partial charge on any atom is -0.383 e. The summed E-state index contributed by atoms with van der Waals surface area (Å²) in [5, 5.41) is 9.04. The van der Waals surface area contributed by atoms with Gasteiger partial charge in [-0.05, 0) is 26.2 Å². The van der Waals surface area contributed by atoms with Crippen LogP contribution in [0.5, 0.6) is 0 Å². The topological polar surface area (TPSA) is 93.2 Å². The maximum atomic E-state index is 11.6. The average molecular weight is 344 g/mol. The van der Waals surface area contributed by atoms with Gasteiger partial charge in [-0.2, -0.15) is 0 Å². The van der Waals surface area contributed by atoms with E-state index >= 15 is 0 Å². The van der Waals surface area contributed by atoms with Crippen LogP contribution in [0.3, 0.4) is 0 Å². The molecule has 0 aromatic rings. The lowest BCUT2D eigenvalue weighted by molar-refractivity contribution is -0.119. The van der Waals surface area contributed by atoms with Crippen LogP contribution in [0.25, 0.3) is 0 Å². The fraction of sp³-hybridized carbons (Fsp3) is 0.875. The van der Waals surface area contributed by atoms with Crippen molar-refractivity contribution in [3.05, 3.63) is 0 Å². The van der Waals surface area contributed by atoms with Crippen LogP contribution < -0.4 is 16.0 Å². The van der Waals surface area contributed by atoms with Crippen molar-refractivity contribution in [1.82, 2.24) is 16.0 Å². The van der Waals surface area contributed by atoms with E-state index in [0.29, 0.717) is 32.3 Å². The molecule has 0 aliphatic carbocycles. The molecule has 0 bridgehead atoms. The normalized spacial score (nSPS) is 17.8. The number of ether oxygens (including phenoxy) is 3. The van der Waals surface area contributed by atoms with Gasteiger partial charge in [0.15, 0.2) is 5.96 Å². The Labute approximate surface area is 144 Å². The molecule has 1 unspecified atom stereocenters. The highest BCUT2D eigenvalue weighted by Gasteiger charge is 2.14. The molecule has 1 aliphatic rings. The first-order valence-electron chi connectivity index (χ1n) is 8.73. The van der Waals surface area contributed by atoms with Crippen LogP contribution in [-0.4, -0.2) is 77.7 Å². The number of rotatable bonds is 12. The van der Waals surface area contributed by atoms with E-state index in [-0.39, 0.29) is 18.6 Å². The van der Waals surface area contributed by atoms with Gasteiger partial charge in [-0.25, -0.2) is 4.99 Å². The summed E-state index contributed by atoms with van der Waals surface area (Å²) in [5.41, 5.74) is 0. The third-order valence-electron chi connectivity index (χ3n) is 3.44. The first kappa shape index (κ1) is 20.7. The summed E-state index contributed by atoms with van der Waals surface area (Å²) >= 11 is 0. The van der Waals surface area contributed by atoms with Gasteiger partial charge >= 0.3 is 0 Å². The van der Waals surface area contributed by atoms with Crippen molar-refractivity contribution < 1.29 is 19.0 Å². The maximum absolute atomic E-state index is 11.6. The van der Waals surface area contributed by atoms with Gasteiger partial charge in [-0.15, -0.1) is 0 Å². The second-order valence-corrected chi connectivity index (χ2v) is 5.53. The van der Waals surface area contributed by atoms with Crippen LogP contribution in [0.4, 0.5) is 0 Å². The second-order valence-electron chi connectivity index (χ2n) is 5.53. The van der Waals surface area contributed by atoms with Crippen molar-refractivity contribution in [2.24, 2.45) is 4.99 Å². The number of methoxy groups -OCH3 is 1. The molecule has 0 spiro atoms. The molecule has 140 valence electrons. The van der Waals surface area contributed by atoms with Crippen molar-refractivity contribution in [3.63, 3.8) is 0 Å². The second kappa shape index (κ2) is 14.0. The van der Waals surface area contributed by atoms with Crippen molar-refractivity contribution in [1.29, 1.82) is 0 Å². The monoisotopic (exact) mass is 344 g/mol. The molecule has 24 heavy (non-hydrogen) atoms. The summed E-state index contributed by atoms with van der Waals surface area (Å²) in [6.45, 7) is 6.78. The number of carbonyl (C=O) groups is 1. The fourth-order valence-corrected chi connectivity index (χ4v) is 2.21. The molecule has 1 amide bonds. The highest BCUT2D eigenvalue weighted by atomic mass is 16.5. The number of hydrogen-bond donors (Lipinski definition) is 3. The van der Waals surface area contributed by atoms with Crippen molar-refractivity contribution >= 4 is 11.9 Å². The molecular formula is C16H32N4O4. The van der Waals surface area contributed by atoms with E-state index in [2.05, 4.69) is 20.9 Å². The third kappa shape index (κ3) is 10.4. The highest BCUT2D eigenvalue weighted by Crippen LogP contribution is 2.11. The van der Waals surface area contributed by atoms with E-state index in [1.807, 2.05) is 6.92 Å². The molecule has 1 heterocycles. The lowest BCUT2D eigenvalue weighted by Gasteiger charge is -2.12. The molecule has 3 N–H and O–H groups in total. The number of guanidine groups is 1. The Morgan fingerprint density at radius 3 is 2.83 bits per heavy atom. The predicted octanol–water partition coefficient (Wildman–Crippen LogP) is -0.110. The fourth-order valence-electron chi connectivity index (χ4n) is 2.21. The largest absolute Gasteiger partial charge is 0.383 e. The summed E-state index contributed by atoms with van der Waals surface area (Å²) < 4.78 is 16.0. The van der Waals surface area contributed by atoms with Gasteiger partial charge in [-0.3, -0.25) is 4.79 Å². The Morgan fingerprint density at radius 1 is 1.25 bits per heavy atom. The van der Waals surface area contributed by atoms with Gasteiger partial charge < -0.3 is 30.2 Å². The van der Waals surface area contributed by atoms with Crippen molar-refractivity contribution in [3.8, 4) is 0 Å². The van der Waals surface area contributed by atoms with Crippen LogP contribution >= 0.6 is 0 Å². The SMILES string of the molecule is CCNC(=NCC(=O)NCCOC)NCCCOCC1CCCO1. The van der Waals surface area contributed by atoms with E-state index in [4.69, 9.17) is 14.2 Å². The van der Waals surface area contributed by atoms with E-state index in [1.165, 1.54) is 0 Å². The molecule has 1 fully saturated rings. The van der Waals surface area contributed by atoms with Gasteiger partial charge in [0.2, 0.25) is 5.91 Å². The van der Waals surface area contributed by atoms with E-state index in [9.17, 15) is 4.79 Å². The molecule has 0 aromatic heterocycles. The molecule has 1 rings (SSSR count). The standard InChI is InChI=1S/C16H32N4O4/c1-3-17-16(20-12-15(21)18-8-11-22-2)19-7-5-9-23-13-14-6-4-10-24-14/h14H,3-13H2,1-2H3,(H,18,21)(H2,17,19,20). The van der Waals surface area contributed by atoms with Crippen LogP contribution in [0.15, 0.2) is 4.99 Å². The molecule has 0 saturated carbocycles.